The first kappa shape index (κ1) is 41.6. The maximum absolute atomic E-state index is 12.2. The molecule has 2 aliphatic rings. The molecular weight excluding hydrogens is 705 g/mol. The van der Waals surface area contributed by atoms with Gasteiger partial charge in [0.25, 0.3) is 0 Å². The fraction of sp³-hybridized carbons (Fsp3) is 0.714. The molecule has 2 aromatic rings. The number of hydrogen-bond acceptors (Lipinski definition) is 2. The van der Waals surface area contributed by atoms with Crippen LogP contribution in [0.4, 0.5) is 0 Å². The van der Waals surface area contributed by atoms with Crippen molar-refractivity contribution in [3.05, 3.63) is 46.5 Å². The van der Waals surface area contributed by atoms with Crippen LogP contribution < -0.4 is 10.4 Å². The third-order valence-corrected chi connectivity index (χ3v) is 39.8. The van der Waals surface area contributed by atoms with E-state index in [4.69, 9.17) is 0 Å². The average molecular weight is 777 g/mol. The fourth-order valence-corrected chi connectivity index (χ4v) is 32.2. The summed E-state index contributed by atoms with van der Waals surface area (Å²) in [6, 6.07) is 9.59. The molecule has 0 spiro atoms. The monoisotopic (exact) mass is 776 g/mol. The summed E-state index contributed by atoms with van der Waals surface area (Å²) in [6.45, 7) is 38.1. The third kappa shape index (κ3) is 8.83. The molecule has 1 saturated carbocycles. The van der Waals surface area contributed by atoms with Crippen LogP contribution in [0.1, 0.15) is 144 Å². The molecule has 3 unspecified atom stereocenters. The molecule has 276 valence electrons. The van der Waals surface area contributed by atoms with E-state index in [1.807, 2.05) is 0 Å². The van der Waals surface area contributed by atoms with Crippen LogP contribution in [-0.2, 0) is 37.8 Å². The number of aromatic hydroxyl groups is 2. The van der Waals surface area contributed by atoms with Gasteiger partial charge in [0, 0.05) is 0 Å². The standard InChI is InChI=1S/C42H72O2S2Si2.Ti/c1-39(2,3)31-23-29(37(43)35(25-31)47(13,14)41(7,8)9)27-45-33-21-19-17-18-20-22-34(33)46-28-30-24-32(40(4,5)6)26-36(38(30)44)48(15,16)42(10,11)12;/h23-26,33-34,43-44H,17-22,27-28H2,1-16H3;/t33-,34?;/m0./s1. The number of hydrogen-bond donors (Lipinski definition) is 2. The van der Waals surface area contributed by atoms with Crippen molar-refractivity contribution in [1.29, 1.82) is 0 Å². The second kappa shape index (κ2) is 14.6. The first-order valence-corrected chi connectivity index (χ1v) is 31.8. The van der Waals surface area contributed by atoms with E-state index in [-0.39, 0.29) is 36.4 Å². The molecule has 1 aliphatic carbocycles. The van der Waals surface area contributed by atoms with E-state index in [9.17, 15) is 10.2 Å². The predicted octanol–water partition coefficient (Wildman–Crippen LogP) is 12.4. The Morgan fingerprint density at radius 2 is 0.898 bits per heavy atom. The van der Waals surface area contributed by atoms with Crippen molar-refractivity contribution < 1.29 is 25.7 Å². The third-order valence-electron chi connectivity index (χ3n) is 12.9. The van der Waals surface area contributed by atoms with E-state index in [1.54, 1.807) is 0 Å². The summed E-state index contributed by atoms with van der Waals surface area (Å²) in [7, 11) is -3.25. The number of fused-ring (bicyclic) bond motifs is 1. The van der Waals surface area contributed by atoms with Crippen LogP contribution in [0.3, 0.4) is 0 Å². The van der Waals surface area contributed by atoms with Crippen LogP contribution in [0.15, 0.2) is 24.3 Å². The number of phenolic OH excluding ortho intramolecular Hbond substituents is 2. The van der Waals surface area contributed by atoms with Crippen molar-refractivity contribution in [2.45, 2.75) is 191 Å². The zero-order valence-electron chi connectivity index (χ0n) is 34.3. The van der Waals surface area contributed by atoms with Crippen molar-refractivity contribution in [2.75, 3.05) is 0 Å². The Balaban J connectivity index is 1.91. The van der Waals surface area contributed by atoms with Gasteiger partial charge in [0.05, 0.1) is 0 Å². The van der Waals surface area contributed by atoms with E-state index in [2.05, 4.69) is 134 Å². The summed E-state index contributed by atoms with van der Waals surface area (Å²) in [5, 5.41) is 28.8. The zero-order chi connectivity index (χ0) is 37.1. The minimum absolute atomic E-state index is 0.0408. The van der Waals surface area contributed by atoms with Gasteiger partial charge in [0.1, 0.15) is 0 Å². The molecule has 0 amide bonds. The van der Waals surface area contributed by atoms with Crippen molar-refractivity contribution in [3.63, 3.8) is 0 Å². The summed E-state index contributed by atoms with van der Waals surface area (Å²) in [4.78, 5) is 0. The van der Waals surface area contributed by atoms with Crippen LogP contribution >= 0.6 is 15.9 Å². The summed E-state index contributed by atoms with van der Waals surface area (Å²) >= 11 is -0.272. The van der Waals surface area contributed by atoms with Gasteiger partial charge in [0.15, 0.2) is 0 Å². The number of rotatable bonds is 6. The SMILES string of the molecule is CC(C)(C)c1cc(C[S]2=[Ti]=[S](Cc3cc(C(C)(C)C)cc([Si](C)(C)C(C)(C)C)c3O)[C@H]3CCCCCCC32)c(O)c([Si](C)(C)C(C)(C)C)c1. The molecule has 2 N–H and O–H groups in total. The Hall–Kier alpha value is -0.112. The normalized spacial score (nSPS) is 22.9. The second-order valence-corrected chi connectivity index (χ2v) is 42.6. The van der Waals surface area contributed by atoms with Crippen LogP contribution in [0.5, 0.6) is 11.5 Å². The van der Waals surface area contributed by atoms with E-state index < -0.39 is 16.1 Å². The molecule has 0 saturated heterocycles. The van der Waals surface area contributed by atoms with Gasteiger partial charge >= 0.3 is 317 Å². The molecular formula is C42H72O2S2Si2Ti. The van der Waals surface area contributed by atoms with Crippen LogP contribution in [-0.4, -0.2) is 36.9 Å². The van der Waals surface area contributed by atoms with Crippen molar-refractivity contribution >= 4 is 42.5 Å². The number of phenols is 2. The predicted molar refractivity (Wildman–Crippen MR) is 225 cm³/mol. The molecule has 7 heteroatoms. The van der Waals surface area contributed by atoms with Crippen LogP contribution in [0, 0.1) is 0 Å². The Morgan fingerprint density at radius 1 is 0.571 bits per heavy atom. The maximum atomic E-state index is 12.2. The van der Waals surface area contributed by atoms with Crippen molar-refractivity contribution in [1.82, 2.24) is 0 Å². The topological polar surface area (TPSA) is 40.5 Å². The van der Waals surface area contributed by atoms with Crippen molar-refractivity contribution in [2.24, 2.45) is 0 Å². The van der Waals surface area contributed by atoms with Gasteiger partial charge in [-0.2, -0.15) is 0 Å². The van der Waals surface area contributed by atoms with E-state index in [0.29, 0.717) is 27.4 Å². The van der Waals surface area contributed by atoms with Gasteiger partial charge in [-0.05, 0) is 0 Å². The summed E-state index contributed by atoms with van der Waals surface area (Å²) < 4.78 is 0. The Bertz CT molecular complexity index is 1510. The van der Waals surface area contributed by atoms with Crippen LogP contribution in [0.25, 0.3) is 0 Å². The summed E-state index contributed by atoms with van der Waals surface area (Å²) in [6.07, 6.45) is 8.18. The first-order chi connectivity index (χ1) is 22.2. The van der Waals surface area contributed by atoms with Gasteiger partial charge in [0.2, 0.25) is 0 Å². The Kier molecular flexibility index (Phi) is 12.4. The molecule has 0 aromatic heterocycles. The minimum atomic E-state index is -1.96. The van der Waals surface area contributed by atoms with Gasteiger partial charge < -0.3 is 0 Å². The molecule has 0 radical (unpaired) electrons. The molecule has 1 heterocycles. The molecule has 4 atom stereocenters. The second-order valence-electron chi connectivity index (χ2n) is 20.6. The first-order valence-electron chi connectivity index (χ1n) is 19.1. The molecule has 4 rings (SSSR count). The molecule has 2 aromatic carbocycles. The Labute approximate surface area is 314 Å². The average Bonchev–Trinajstić information content (AvgIpc) is 3.21. The molecule has 2 nitrogen and oxygen atoms in total. The number of benzene rings is 2. The summed E-state index contributed by atoms with van der Waals surface area (Å²) in [5.41, 5.74) is 5.33. The van der Waals surface area contributed by atoms with Gasteiger partial charge in [-0.3, -0.25) is 0 Å². The fourth-order valence-electron chi connectivity index (χ4n) is 7.17. The summed E-state index contributed by atoms with van der Waals surface area (Å²) in [5.74, 6) is 3.38. The van der Waals surface area contributed by atoms with E-state index >= 15 is 0 Å². The molecule has 0 bridgehead atoms. The van der Waals surface area contributed by atoms with E-state index in [0.717, 1.165) is 22.0 Å². The Morgan fingerprint density at radius 3 is 1.18 bits per heavy atom. The van der Waals surface area contributed by atoms with Crippen molar-refractivity contribution in [3.8, 4) is 11.5 Å². The van der Waals surface area contributed by atoms with E-state index in [1.165, 1.54) is 71.2 Å². The zero-order valence-corrected chi connectivity index (χ0v) is 39.5. The van der Waals surface area contributed by atoms with Gasteiger partial charge in [-0.15, -0.1) is 0 Å². The molecule has 49 heavy (non-hydrogen) atoms. The quantitative estimate of drug-likeness (QED) is 0.287. The molecule has 1 fully saturated rings. The van der Waals surface area contributed by atoms with Crippen LogP contribution in [0.2, 0.25) is 36.3 Å². The van der Waals surface area contributed by atoms with Gasteiger partial charge in [-0.1, -0.05) is 0 Å². The van der Waals surface area contributed by atoms with Gasteiger partial charge in [-0.25, -0.2) is 0 Å². The molecule has 1 aliphatic heterocycles.